The smallest absolute Gasteiger partial charge is 0.162 e. The fourth-order valence-corrected chi connectivity index (χ4v) is 4.57. The number of aryl methyl sites for hydroxylation is 1. The number of hydrogen-bond donors (Lipinski definition) is 2. The molecule has 6 nitrogen and oxygen atoms in total. The number of nitrogens with one attached hydrogen (secondary N) is 2. The molecule has 0 aliphatic rings. The predicted octanol–water partition coefficient (Wildman–Crippen LogP) is 6.84. The quantitative estimate of drug-likeness (QED) is 0.264. The summed E-state index contributed by atoms with van der Waals surface area (Å²) in [4.78, 5) is 26.5. The molecular formula is C29H20N6. The minimum absolute atomic E-state index is 0.689. The molecule has 0 fully saturated rings. The van der Waals surface area contributed by atoms with Crippen LogP contribution < -0.4 is 0 Å². The number of H-pyrrole nitrogens is 2. The van der Waals surface area contributed by atoms with E-state index in [1.807, 2.05) is 73.1 Å². The van der Waals surface area contributed by atoms with Gasteiger partial charge in [-0.25, -0.2) is 19.9 Å². The van der Waals surface area contributed by atoms with E-state index in [9.17, 15) is 0 Å². The normalized spacial score (nSPS) is 11.6. The van der Waals surface area contributed by atoms with Crippen molar-refractivity contribution in [1.29, 1.82) is 0 Å². The lowest BCUT2D eigenvalue weighted by Crippen LogP contribution is -1.80. The van der Waals surface area contributed by atoms with E-state index in [1.165, 1.54) is 0 Å². The minimum atomic E-state index is 0.689. The molecule has 166 valence electrons. The van der Waals surface area contributed by atoms with Gasteiger partial charge in [0.25, 0.3) is 0 Å². The maximum Gasteiger partial charge on any atom is 0.162 e. The van der Waals surface area contributed by atoms with E-state index in [4.69, 9.17) is 19.9 Å². The molecule has 6 heteroatoms. The minimum Gasteiger partial charge on any atom is -0.360 e. The van der Waals surface area contributed by atoms with E-state index in [1.54, 1.807) is 0 Å². The zero-order valence-electron chi connectivity index (χ0n) is 18.9. The van der Waals surface area contributed by atoms with Gasteiger partial charge in [0.05, 0.1) is 22.1 Å². The predicted molar refractivity (Wildman–Crippen MR) is 143 cm³/mol. The number of para-hydroxylation sites is 3. The average molecular weight is 453 g/mol. The van der Waals surface area contributed by atoms with Gasteiger partial charge in [-0.3, -0.25) is 0 Å². The summed E-state index contributed by atoms with van der Waals surface area (Å²) < 4.78 is 0. The topological polar surface area (TPSA) is 83.1 Å². The molecule has 0 radical (unpaired) electrons. The Labute approximate surface area is 199 Å². The van der Waals surface area contributed by atoms with Crippen LogP contribution >= 0.6 is 0 Å². The van der Waals surface area contributed by atoms with Crippen molar-refractivity contribution in [2.45, 2.75) is 6.92 Å². The third-order valence-corrected chi connectivity index (χ3v) is 6.33. The molecule has 4 aromatic carbocycles. The number of rotatable bonds is 0. The first-order chi connectivity index (χ1) is 17.2. The van der Waals surface area contributed by atoms with Crippen molar-refractivity contribution in [2.75, 3.05) is 0 Å². The second-order valence-electron chi connectivity index (χ2n) is 8.70. The Kier molecular flexibility index (Phi) is 4.26. The summed E-state index contributed by atoms with van der Waals surface area (Å²) in [5.74, 6) is 0. The molecule has 0 aliphatic carbocycles. The summed E-state index contributed by atoms with van der Waals surface area (Å²) in [5.41, 5.74) is 7.83. The average Bonchev–Trinajstić information content (AvgIpc) is 3.51. The molecule has 35 heavy (non-hydrogen) atoms. The lowest BCUT2D eigenvalue weighted by atomic mass is 10.2. The highest BCUT2D eigenvalue weighted by Gasteiger charge is 2.07. The fraction of sp³-hybridized carbons (Fsp3) is 0.0345. The summed E-state index contributed by atoms with van der Waals surface area (Å²) in [6, 6.07) is 26.4. The highest BCUT2D eigenvalue weighted by Crippen LogP contribution is 2.24. The van der Waals surface area contributed by atoms with Crippen LogP contribution in [0.3, 0.4) is 0 Å². The Morgan fingerprint density at radius 1 is 0.543 bits per heavy atom. The Bertz CT molecular complexity index is 2030. The summed E-state index contributed by atoms with van der Waals surface area (Å²) in [6.45, 7) is 2.08. The molecule has 0 atom stereocenters. The Balaban J connectivity index is 1.74. The molecular weight excluding hydrogens is 432 g/mol. The molecule has 7 rings (SSSR count). The lowest BCUT2D eigenvalue weighted by Gasteiger charge is -1.97. The summed E-state index contributed by atoms with van der Waals surface area (Å²) >= 11 is 0. The van der Waals surface area contributed by atoms with Gasteiger partial charge in [-0.15, -0.1) is 0 Å². The number of nitrogens with zero attached hydrogens (tertiary/aromatic N) is 4. The van der Waals surface area contributed by atoms with Crippen molar-refractivity contribution < 1.29 is 0 Å². The number of fused-ring (bicyclic) bond motifs is 6. The monoisotopic (exact) mass is 452 g/mol. The number of hydrogen-bond acceptors (Lipinski definition) is 4. The first-order valence-electron chi connectivity index (χ1n) is 11.5. The molecule has 0 spiro atoms. The van der Waals surface area contributed by atoms with Crippen molar-refractivity contribution in [3.8, 4) is 0 Å². The van der Waals surface area contributed by atoms with Crippen LogP contribution in [0.25, 0.3) is 65.9 Å². The van der Waals surface area contributed by atoms with Gasteiger partial charge in [0.15, 0.2) is 11.3 Å². The SMILES string of the molecule is Cc1ccc2c3nc4cccc(c[nH]c5ccccc5c5nc6cccc(c[nH]c2c1)c6n5)c4n3. The molecule has 7 aromatic rings. The van der Waals surface area contributed by atoms with Crippen molar-refractivity contribution in [3.63, 3.8) is 0 Å². The summed E-state index contributed by atoms with van der Waals surface area (Å²) in [5, 5.41) is 3.81. The number of aromatic amines is 2. The third-order valence-electron chi connectivity index (χ3n) is 6.33. The molecule has 0 amide bonds. The van der Waals surface area contributed by atoms with Crippen LogP contribution in [0.15, 0.2) is 91.3 Å². The van der Waals surface area contributed by atoms with Crippen molar-refractivity contribution in [1.82, 2.24) is 29.9 Å². The maximum absolute atomic E-state index is 4.94. The van der Waals surface area contributed by atoms with Gasteiger partial charge in [-0.2, -0.15) is 0 Å². The number of aromatic nitrogens is 6. The summed E-state index contributed by atoms with van der Waals surface area (Å²) in [7, 11) is 0. The van der Waals surface area contributed by atoms with Crippen molar-refractivity contribution in [2.24, 2.45) is 0 Å². The van der Waals surface area contributed by atoms with E-state index in [0.29, 0.717) is 11.3 Å². The van der Waals surface area contributed by atoms with Crippen molar-refractivity contribution >= 4 is 65.9 Å². The van der Waals surface area contributed by atoms with E-state index < -0.39 is 0 Å². The highest BCUT2D eigenvalue weighted by atomic mass is 14.9. The van der Waals surface area contributed by atoms with E-state index in [0.717, 1.165) is 60.2 Å². The van der Waals surface area contributed by atoms with Crippen LogP contribution in [0.5, 0.6) is 0 Å². The van der Waals surface area contributed by atoms with Gasteiger partial charge in [-0.05, 0) is 48.9 Å². The standard InChI is InChI=1S/C29H20N6/c1-17-12-13-21-25(14-17)31-16-19-7-5-10-23-27(19)34-28(32-23)20-8-2-3-9-22(20)30-15-18-6-4-11-24-26(18)35-29(21)33-24/h2-16,30-31H,1H3. The Hall–Kier alpha value is -4.84. The fourth-order valence-electron chi connectivity index (χ4n) is 4.57. The first-order valence-corrected chi connectivity index (χ1v) is 11.5. The maximum atomic E-state index is 4.94. The van der Waals surface area contributed by atoms with Crippen LogP contribution in [0, 0.1) is 6.92 Å². The summed E-state index contributed by atoms with van der Waals surface area (Å²) in [6.07, 6.45) is 3.96. The molecule has 0 saturated carbocycles. The van der Waals surface area contributed by atoms with Gasteiger partial charge < -0.3 is 9.97 Å². The van der Waals surface area contributed by atoms with E-state index in [2.05, 4.69) is 35.1 Å². The Morgan fingerprint density at radius 2 is 1.14 bits per heavy atom. The molecule has 3 aromatic heterocycles. The van der Waals surface area contributed by atoms with Crippen LogP contribution in [0.2, 0.25) is 0 Å². The zero-order valence-corrected chi connectivity index (χ0v) is 18.9. The largest absolute Gasteiger partial charge is 0.360 e. The second-order valence-corrected chi connectivity index (χ2v) is 8.70. The first kappa shape index (κ1) is 19.6. The van der Waals surface area contributed by atoms with E-state index in [-0.39, 0.29) is 0 Å². The van der Waals surface area contributed by atoms with Crippen molar-refractivity contribution in [3.05, 3.63) is 96.8 Å². The zero-order chi connectivity index (χ0) is 23.4. The van der Waals surface area contributed by atoms with Gasteiger partial charge in [0.2, 0.25) is 0 Å². The van der Waals surface area contributed by atoms with Crippen LogP contribution in [-0.2, 0) is 0 Å². The van der Waals surface area contributed by atoms with Gasteiger partial charge >= 0.3 is 0 Å². The number of imidazole rings is 2. The Morgan fingerprint density at radius 3 is 1.83 bits per heavy atom. The molecule has 4 bridgehead atoms. The molecule has 3 heterocycles. The molecule has 0 saturated heterocycles. The van der Waals surface area contributed by atoms with Gasteiger partial charge in [0, 0.05) is 45.0 Å². The third kappa shape index (κ3) is 3.27. The van der Waals surface area contributed by atoms with Gasteiger partial charge in [-0.1, -0.05) is 42.5 Å². The highest BCUT2D eigenvalue weighted by molar-refractivity contribution is 6.02. The van der Waals surface area contributed by atoms with Crippen LogP contribution in [0.4, 0.5) is 0 Å². The van der Waals surface area contributed by atoms with Crippen LogP contribution in [0.1, 0.15) is 5.56 Å². The van der Waals surface area contributed by atoms with E-state index >= 15 is 0 Å². The molecule has 0 unspecified atom stereocenters. The van der Waals surface area contributed by atoms with Gasteiger partial charge in [0.1, 0.15) is 0 Å². The molecule has 0 aliphatic heterocycles. The molecule has 2 N–H and O–H groups in total. The lowest BCUT2D eigenvalue weighted by molar-refractivity contribution is 1.40. The van der Waals surface area contributed by atoms with Crippen LogP contribution in [-0.4, -0.2) is 29.9 Å². The number of benzene rings is 4. The second kappa shape index (κ2) is 7.60.